The number of hydrogen-bond donors (Lipinski definition) is 1. The van der Waals surface area contributed by atoms with E-state index < -0.39 is 0 Å². The lowest BCUT2D eigenvalue weighted by atomic mass is 10.00. The van der Waals surface area contributed by atoms with Crippen molar-refractivity contribution in [1.29, 1.82) is 0 Å². The van der Waals surface area contributed by atoms with Crippen LogP contribution in [0.2, 0.25) is 5.02 Å². The summed E-state index contributed by atoms with van der Waals surface area (Å²) in [6.07, 6.45) is 0. The molecule has 2 aromatic carbocycles. The Hall–Kier alpha value is -2.26. The minimum Gasteiger partial charge on any atom is -0.367 e. The van der Waals surface area contributed by atoms with Gasteiger partial charge in [0.15, 0.2) is 0 Å². The molecule has 4 heteroatoms. The van der Waals surface area contributed by atoms with Crippen molar-refractivity contribution in [2.24, 2.45) is 0 Å². The zero-order chi connectivity index (χ0) is 14.1. The molecule has 100 valence electrons. The first kappa shape index (κ1) is 12.8. The molecule has 1 aromatic heterocycles. The van der Waals surface area contributed by atoms with Gasteiger partial charge in [0, 0.05) is 10.6 Å². The largest absolute Gasteiger partial charge is 0.367 e. The quantitative estimate of drug-likeness (QED) is 0.751. The molecule has 0 unspecified atom stereocenters. The molecule has 0 spiro atoms. The van der Waals surface area contributed by atoms with Gasteiger partial charge in [-0.2, -0.15) is 0 Å². The summed E-state index contributed by atoms with van der Waals surface area (Å²) in [7, 11) is 0. The molecule has 2 N–H and O–H groups in total. The maximum Gasteiger partial charge on any atom is 0.230 e. The third kappa shape index (κ3) is 2.28. The van der Waals surface area contributed by atoms with Crippen LogP contribution in [0.4, 0.5) is 5.88 Å². The van der Waals surface area contributed by atoms with Crippen LogP contribution in [0.25, 0.3) is 22.4 Å². The summed E-state index contributed by atoms with van der Waals surface area (Å²) < 4.78 is 5.17. The third-order valence-corrected chi connectivity index (χ3v) is 3.36. The van der Waals surface area contributed by atoms with E-state index in [1.54, 1.807) is 0 Å². The Labute approximate surface area is 122 Å². The van der Waals surface area contributed by atoms with E-state index in [1.807, 2.05) is 55.5 Å². The van der Waals surface area contributed by atoms with Gasteiger partial charge in [0.05, 0.1) is 5.56 Å². The molecule has 0 bridgehead atoms. The number of nitrogen functional groups attached to an aromatic ring is 1. The van der Waals surface area contributed by atoms with Crippen LogP contribution in [0.5, 0.6) is 0 Å². The minimum absolute atomic E-state index is 0.295. The summed E-state index contributed by atoms with van der Waals surface area (Å²) >= 11 is 6.05. The van der Waals surface area contributed by atoms with Crippen molar-refractivity contribution < 1.29 is 4.52 Å². The van der Waals surface area contributed by atoms with Gasteiger partial charge in [0.1, 0.15) is 5.69 Å². The Morgan fingerprint density at radius 3 is 2.55 bits per heavy atom. The van der Waals surface area contributed by atoms with Crippen LogP contribution in [0.3, 0.4) is 0 Å². The van der Waals surface area contributed by atoms with E-state index in [9.17, 15) is 0 Å². The number of rotatable bonds is 2. The van der Waals surface area contributed by atoms with E-state index >= 15 is 0 Å². The zero-order valence-electron chi connectivity index (χ0n) is 10.9. The number of benzene rings is 2. The Balaban J connectivity index is 2.20. The van der Waals surface area contributed by atoms with Crippen molar-refractivity contribution in [3.05, 3.63) is 59.1 Å². The van der Waals surface area contributed by atoms with Crippen molar-refractivity contribution >= 4 is 17.5 Å². The summed E-state index contributed by atoms with van der Waals surface area (Å²) in [6.45, 7) is 2.03. The summed E-state index contributed by atoms with van der Waals surface area (Å²) in [5.41, 5.74) is 10.5. The second-order valence-electron chi connectivity index (χ2n) is 4.65. The number of halogens is 1. The molecule has 3 rings (SSSR count). The fourth-order valence-electron chi connectivity index (χ4n) is 2.22. The summed E-state index contributed by atoms with van der Waals surface area (Å²) in [5.74, 6) is 0.295. The highest BCUT2D eigenvalue weighted by Gasteiger charge is 2.17. The van der Waals surface area contributed by atoms with Gasteiger partial charge < -0.3 is 10.3 Å². The van der Waals surface area contributed by atoms with E-state index in [-0.39, 0.29) is 0 Å². The number of aromatic nitrogens is 1. The maximum absolute atomic E-state index is 6.05. The molecular formula is C16H13ClN2O. The van der Waals surface area contributed by atoms with Crippen molar-refractivity contribution in [3.8, 4) is 22.4 Å². The van der Waals surface area contributed by atoms with Crippen LogP contribution in [-0.4, -0.2) is 5.16 Å². The first-order valence-electron chi connectivity index (χ1n) is 6.23. The zero-order valence-corrected chi connectivity index (χ0v) is 11.7. The highest BCUT2D eigenvalue weighted by atomic mass is 35.5. The van der Waals surface area contributed by atoms with Crippen LogP contribution in [0, 0.1) is 6.92 Å². The highest BCUT2D eigenvalue weighted by molar-refractivity contribution is 6.30. The second-order valence-corrected chi connectivity index (χ2v) is 5.09. The lowest BCUT2D eigenvalue weighted by Crippen LogP contribution is -1.88. The van der Waals surface area contributed by atoms with Gasteiger partial charge in [-0.05, 0) is 30.7 Å². The molecule has 20 heavy (non-hydrogen) atoms. The van der Waals surface area contributed by atoms with Gasteiger partial charge in [-0.3, -0.25) is 0 Å². The van der Waals surface area contributed by atoms with Gasteiger partial charge in [-0.1, -0.05) is 52.7 Å². The predicted octanol–water partition coefficient (Wildman–Crippen LogP) is 4.55. The van der Waals surface area contributed by atoms with Crippen molar-refractivity contribution in [1.82, 2.24) is 5.16 Å². The number of nitrogens with two attached hydrogens (primary N) is 1. The van der Waals surface area contributed by atoms with Crippen LogP contribution < -0.4 is 5.73 Å². The molecule has 0 saturated carbocycles. The minimum atomic E-state index is 0.295. The van der Waals surface area contributed by atoms with Gasteiger partial charge in [-0.25, -0.2) is 0 Å². The molecule has 0 amide bonds. The van der Waals surface area contributed by atoms with E-state index in [1.165, 1.54) is 0 Å². The first-order valence-corrected chi connectivity index (χ1v) is 6.61. The number of nitrogens with zero attached hydrogens (tertiary/aromatic N) is 1. The summed E-state index contributed by atoms with van der Waals surface area (Å²) in [5, 5.41) is 4.74. The lowest BCUT2D eigenvalue weighted by molar-refractivity contribution is 0.439. The van der Waals surface area contributed by atoms with E-state index in [2.05, 4.69) is 5.16 Å². The van der Waals surface area contributed by atoms with Gasteiger partial charge >= 0.3 is 0 Å². The molecular weight excluding hydrogens is 272 g/mol. The van der Waals surface area contributed by atoms with Crippen LogP contribution >= 0.6 is 11.6 Å². The Morgan fingerprint density at radius 2 is 1.80 bits per heavy atom. The standard InChI is InChI=1S/C16H13ClN2O/c1-10-4-2-6-12(8-10)15-14(16(18)20-19-15)11-5-3-7-13(17)9-11/h2-9H,18H2,1H3. The fourth-order valence-corrected chi connectivity index (χ4v) is 2.41. The van der Waals surface area contributed by atoms with Crippen molar-refractivity contribution in [3.63, 3.8) is 0 Å². The predicted molar refractivity (Wildman–Crippen MR) is 81.5 cm³/mol. The second kappa shape index (κ2) is 5.02. The lowest BCUT2D eigenvalue weighted by Gasteiger charge is -2.04. The van der Waals surface area contributed by atoms with Crippen molar-refractivity contribution in [2.75, 3.05) is 5.73 Å². The number of aryl methyl sites for hydroxylation is 1. The van der Waals surface area contributed by atoms with Crippen molar-refractivity contribution in [2.45, 2.75) is 6.92 Å². The molecule has 0 atom stereocenters. The monoisotopic (exact) mass is 284 g/mol. The summed E-state index contributed by atoms with van der Waals surface area (Å²) in [6, 6.07) is 15.5. The third-order valence-electron chi connectivity index (χ3n) is 3.12. The van der Waals surface area contributed by atoms with Crippen LogP contribution in [0.1, 0.15) is 5.56 Å². The van der Waals surface area contributed by atoms with Crippen LogP contribution in [0.15, 0.2) is 53.1 Å². The normalized spacial score (nSPS) is 10.7. The average Bonchev–Trinajstić information content (AvgIpc) is 2.80. The molecule has 0 aliphatic rings. The molecule has 0 aliphatic heterocycles. The molecule has 0 radical (unpaired) electrons. The first-order chi connectivity index (χ1) is 9.65. The highest BCUT2D eigenvalue weighted by Crippen LogP contribution is 2.37. The topological polar surface area (TPSA) is 52.0 Å². The average molecular weight is 285 g/mol. The van der Waals surface area contributed by atoms with E-state index in [4.69, 9.17) is 21.9 Å². The number of hydrogen-bond acceptors (Lipinski definition) is 3. The number of anilines is 1. The van der Waals surface area contributed by atoms with Crippen LogP contribution in [-0.2, 0) is 0 Å². The molecule has 0 aliphatic carbocycles. The Kier molecular flexibility index (Phi) is 3.20. The fraction of sp³-hybridized carbons (Fsp3) is 0.0625. The van der Waals surface area contributed by atoms with Gasteiger partial charge in [0.2, 0.25) is 5.88 Å². The molecule has 0 saturated heterocycles. The maximum atomic E-state index is 6.05. The van der Waals surface area contributed by atoms with E-state index in [0.29, 0.717) is 10.9 Å². The SMILES string of the molecule is Cc1cccc(-c2noc(N)c2-c2cccc(Cl)c2)c1. The molecule has 3 aromatic rings. The Bertz CT molecular complexity index is 765. The smallest absolute Gasteiger partial charge is 0.230 e. The summed E-state index contributed by atoms with van der Waals surface area (Å²) in [4.78, 5) is 0. The Morgan fingerprint density at radius 1 is 1.05 bits per heavy atom. The van der Waals surface area contributed by atoms with E-state index in [0.717, 1.165) is 27.9 Å². The molecule has 0 fully saturated rings. The van der Waals surface area contributed by atoms with Gasteiger partial charge in [0.25, 0.3) is 0 Å². The van der Waals surface area contributed by atoms with Gasteiger partial charge in [-0.15, -0.1) is 0 Å². The molecule has 3 nitrogen and oxygen atoms in total. The molecule has 1 heterocycles.